The number of benzene rings is 2. The molecule has 0 spiro atoms. The maximum absolute atomic E-state index is 12.8. The Kier molecular flexibility index (Phi) is 6.11. The van der Waals surface area contributed by atoms with Crippen molar-refractivity contribution in [2.75, 3.05) is 36.9 Å². The van der Waals surface area contributed by atoms with Gasteiger partial charge in [0.2, 0.25) is 10.0 Å². The van der Waals surface area contributed by atoms with Crippen LogP contribution in [0.25, 0.3) is 0 Å². The van der Waals surface area contributed by atoms with Crippen molar-refractivity contribution in [2.45, 2.75) is 18.7 Å². The van der Waals surface area contributed by atoms with Gasteiger partial charge in [-0.1, -0.05) is 23.8 Å². The van der Waals surface area contributed by atoms with Gasteiger partial charge in [0.25, 0.3) is 0 Å². The fourth-order valence-electron chi connectivity index (χ4n) is 2.91. The lowest BCUT2D eigenvalue weighted by molar-refractivity contribution is 0.0730. The fraction of sp³-hybridized carbons (Fsp3) is 0.316. The zero-order chi connectivity index (χ0) is 19.4. The van der Waals surface area contributed by atoms with Crippen LogP contribution in [0.1, 0.15) is 11.1 Å². The number of nitrogens with zero attached hydrogens (tertiary/aromatic N) is 1. The molecular weight excluding hydrogens is 382 g/mol. The molecule has 0 bridgehead atoms. The van der Waals surface area contributed by atoms with Crippen molar-refractivity contribution in [1.29, 1.82) is 0 Å². The summed E-state index contributed by atoms with van der Waals surface area (Å²) in [4.78, 5) is 0.240. The highest BCUT2D eigenvalue weighted by Gasteiger charge is 2.26. The maximum Gasteiger partial charge on any atom is 0.243 e. The smallest absolute Gasteiger partial charge is 0.243 e. The molecule has 2 aromatic rings. The van der Waals surface area contributed by atoms with E-state index in [2.05, 4.69) is 16.7 Å². The largest absolute Gasteiger partial charge is 0.379 e. The van der Waals surface area contributed by atoms with Crippen LogP contribution in [0.4, 0.5) is 11.4 Å². The van der Waals surface area contributed by atoms with Gasteiger partial charge in [-0.2, -0.15) is 4.31 Å². The van der Waals surface area contributed by atoms with Crippen LogP contribution in [0, 0.1) is 13.8 Å². The van der Waals surface area contributed by atoms with Gasteiger partial charge in [-0.05, 0) is 55.9 Å². The molecule has 0 aliphatic carbocycles. The molecule has 0 saturated carbocycles. The molecular formula is C19H23N3O3S2. The normalized spacial score (nSPS) is 15.3. The minimum absolute atomic E-state index is 0.240. The number of hydrogen-bond acceptors (Lipinski definition) is 4. The zero-order valence-corrected chi connectivity index (χ0v) is 17.0. The third kappa shape index (κ3) is 4.84. The van der Waals surface area contributed by atoms with Crippen molar-refractivity contribution in [1.82, 2.24) is 4.31 Å². The van der Waals surface area contributed by atoms with E-state index in [4.69, 9.17) is 17.0 Å². The third-order valence-corrected chi connectivity index (χ3v) is 6.43. The van der Waals surface area contributed by atoms with Gasteiger partial charge in [0.15, 0.2) is 5.11 Å². The molecule has 0 amide bonds. The second kappa shape index (κ2) is 8.35. The number of nitrogens with one attached hydrogen (secondary N) is 2. The van der Waals surface area contributed by atoms with E-state index in [-0.39, 0.29) is 4.90 Å². The van der Waals surface area contributed by atoms with Gasteiger partial charge < -0.3 is 15.4 Å². The summed E-state index contributed by atoms with van der Waals surface area (Å²) < 4.78 is 32.3. The summed E-state index contributed by atoms with van der Waals surface area (Å²) in [6, 6.07) is 12.7. The molecule has 2 aromatic carbocycles. The van der Waals surface area contributed by atoms with Crippen LogP contribution in [-0.4, -0.2) is 44.1 Å². The minimum Gasteiger partial charge on any atom is -0.379 e. The molecule has 0 unspecified atom stereocenters. The van der Waals surface area contributed by atoms with Crippen molar-refractivity contribution in [2.24, 2.45) is 0 Å². The number of anilines is 2. The van der Waals surface area contributed by atoms with Crippen molar-refractivity contribution < 1.29 is 13.2 Å². The van der Waals surface area contributed by atoms with E-state index in [1.165, 1.54) is 9.87 Å². The highest BCUT2D eigenvalue weighted by atomic mass is 32.2. The van der Waals surface area contributed by atoms with Crippen molar-refractivity contribution in [3.63, 3.8) is 0 Å². The fourth-order valence-corrected chi connectivity index (χ4v) is 4.59. The summed E-state index contributed by atoms with van der Waals surface area (Å²) >= 11 is 5.37. The first-order valence-electron chi connectivity index (χ1n) is 8.69. The molecule has 0 aromatic heterocycles. The second-order valence-corrected chi connectivity index (χ2v) is 8.79. The van der Waals surface area contributed by atoms with E-state index >= 15 is 0 Å². The maximum atomic E-state index is 12.8. The summed E-state index contributed by atoms with van der Waals surface area (Å²) in [5.41, 5.74) is 3.79. The number of ether oxygens (including phenoxy) is 1. The summed E-state index contributed by atoms with van der Waals surface area (Å²) in [5, 5.41) is 6.62. The topological polar surface area (TPSA) is 70.7 Å². The summed E-state index contributed by atoms with van der Waals surface area (Å²) in [6.45, 7) is 5.61. The van der Waals surface area contributed by atoms with E-state index in [9.17, 15) is 8.42 Å². The molecule has 1 aliphatic rings. The number of thiocarbonyl (C=S) groups is 1. The van der Waals surface area contributed by atoms with E-state index in [0.717, 1.165) is 11.3 Å². The Morgan fingerprint density at radius 2 is 1.81 bits per heavy atom. The molecule has 1 aliphatic heterocycles. The highest BCUT2D eigenvalue weighted by Crippen LogP contribution is 2.21. The number of morpholine rings is 1. The first-order valence-corrected chi connectivity index (χ1v) is 10.5. The zero-order valence-electron chi connectivity index (χ0n) is 15.4. The standard InChI is InChI=1S/C19H23N3O3S2/c1-14-6-7-18(15(2)12-14)21-19(26)20-16-4-3-5-17(13-16)27(23,24)22-8-10-25-11-9-22/h3-7,12-13H,8-11H2,1-2H3,(H2,20,21,26). The van der Waals surface area contributed by atoms with Crippen LogP contribution in [0.3, 0.4) is 0 Å². The second-order valence-electron chi connectivity index (χ2n) is 6.44. The Bertz CT molecular complexity index is 939. The molecule has 8 heteroatoms. The molecule has 1 saturated heterocycles. The van der Waals surface area contributed by atoms with Crippen LogP contribution in [-0.2, 0) is 14.8 Å². The Hall–Kier alpha value is -2.00. The van der Waals surface area contributed by atoms with Crippen LogP contribution in [0.5, 0.6) is 0 Å². The Labute approximate surface area is 165 Å². The van der Waals surface area contributed by atoms with Crippen molar-refractivity contribution in [3.8, 4) is 0 Å². The van der Waals surface area contributed by atoms with Gasteiger partial charge >= 0.3 is 0 Å². The van der Waals surface area contributed by atoms with Gasteiger partial charge in [0.05, 0.1) is 18.1 Å². The number of sulfonamides is 1. The predicted molar refractivity (Wildman–Crippen MR) is 112 cm³/mol. The number of rotatable bonds is 4. The Morgan fingerprint density at radius 1 is 1.07 bits per heavy atom. The quantitative estimate of drug-likeness (QED) is 0.762. The summed E-state index contributed by atoms with van der Waals surface area (Å²) in [6.07, 6.45) is 0. The van der Waals surface area contributed by atoms with Gasteiger partial charge in [-0.15, -0.1) is 0 Å². The van der Waals surface area contributed by atoms with E-state index in [1.807, 2.05) is 26.0 Å². The van der Waals surface area contributed by atoms with Crippen molar-refractivity contribution in [3.05, 3.63) is 53.6 Å². The van der Waals surface area contributed by atoms with Gasteiger partial charge in [0, 0.05) is 24.5 Å². The highest BCUT2D eigenvalue weighted by molar-refractivity contribution is 7.89. The van der Waals surface area contributed by atoms with Gasteiger partial charge in [-0.25, -0.2) is 8.42 Å². The third-order valence-electron chi connectivity index (χ3n) is 4.33. The average Bonchev–Trinajstić information content (AvgIpc) is 2.65. The van der Waals surface area contributed by atoms with E-state index in [0.29, 0.717) is 37.1 Å². The molecule has 1 heterocycles. The first kappa shape index (κ1) is 19.8. The minimum atomic E-state index is -3.54. The summed E-state index contributed by atoms with van der Waals surface area (Å²) in [7, 11) is -3.54. The molecule has 144 valence electrons. The molecule has 1 fully saturated rings. The van der Waals surface area contributed by atoms with Crippen LogP contribution >= 0.6 is 12.2 Å². The molecule has 0 radical (unpaired) electrons. The van der Waals surface area contributed by atoms with Crippen molar-refractivity contribution >= 4 is 38.7 Å². The molecule has 27 heavy (non-hydrogen) atoms. The lowest BCUT2D eigenvalue weighted by Crippen LogP contribution is -2.40. The average molecular weight is 406 g/mol. The Morgan fingerprint density at radius 3 is 2.52 bits per heavy atom. The predicted octanol–water partition coefficient (Wildman–Crippen LogP) is 3.13. The summed E-state index contributed by atoms with van der Waals surface area (Å²) in [5.74, 6) is 0. The van der Waals surface area contributed by atoms with Gasteiger partial charge in [-0.3, -0.25) is 0 Å². The molecule has 2 N–H and O–H groups in total. The number of aryl methyl sites for hydroxylation is 2. The first-order chi connectivity index (χ1) is 12.9. The molecule has 0 atom stereocenters. The molecule has 6 nitrogen and oxygen atoms in total. The van der Waals surface area contributed by atoms with Gasteiger partial charge in [0.1, 0.15) is 0 Å². The van der Waals surface area contributed by atoms with Crippen LogP contribution in [0.2, 0.25) is 0 Å². The van der Waals surface area contributed by atoms with E-state index in [1.54, 1.807) is 24.3 Å². The van der Waals surface area contributed by atoms with E-state index < -0.39 is 10.0 Å². The molecule has 3 rings (SSSR count). The monoisotopic (exact) mass is 405 g/mol. The van der Waals surface area contributed by atoms with Crippen LogP contribution in [0.15, 0.2) is 47.4 Å². The Balaban J connectivity index is 1.72. The lowest BCUT2D eigenvalue weighted by Gasteiger charge is -2.26. The SMILES string of the molecule is Cc1ccc(NC(=S)Nc2cccc(S(=O)(=O)N3CCOCC3)c2)c(C)c1. The van der Waals surface area contributed by atoms with Crippen LogP contribution < -0.4 is 10.6 Å². The number of hydrogen-bond donors (Lipinski definition) is 2. The lowest BCUT2D eigenvalue weighted by atomic mass is 10.1.